The van der Waals surface area contributed by atoms with E-state index in [1.165, 1.54) is 11.9 Å². The zero-order valence-corrected chi connectivity index (χ0v) is 23.6. The number of benzene rings is 1. The van der Waals surface area contributed by atoms with Crippen LogP contribution in [0.5, 0.6) is 5.75 Å². The Kier molecular flexibility index (Phi) is 6.30. The molecule has 3 aromatic heterocycles. The Bertz CT molecular complexity index is 1860. The molecule has 7 rings (SSSR count). The summed E-state index contributed by atoms with van der Waals surface area (Å²) in [5, 5.41) is 12.6. The molecule has 4 amide bonds. The first-order valence-corrected chi connectivity index (χ1v) is 14.2. The largest absolute Gasteiger partial charge is 0.486 e. The summed E-state index contributed by atoms with van der Waals surface area (Å²) in [6.07, 6.45) is 8.37. The van der Waals surface area contributed by atoms with Gasteiger partial charge in [-0.3, -0.25) is 19.4 Å². The number of aromatic nitrogens is 4. The Morgan fingerprint density at radius 2 is 2.00 bits per heavy atom. The minimum atomic E-state index is -0.387. The number of hydrogen-bond donors (Lipinski definition) is 1. The number of aryl methyl sites for hydroxylation is 1. The highest BCUT2D eigenvalue weighted by molar-refractivity contribution is 6.13. The fraction of sp³-hybridized carbons (Fsp3) is 0.323. The number of pyridine rings is 1. The number of ether oxygens (including phenoxy) is 1. The predicted molar refractivity (Wildman–Crippen MR) is 154 cm³/mol. The lowest BCUT2D eigenvalue weighted by molar-refractivity contribution is -0.124. The SMILES string of the molecule is Cc1ccnc([C@H]2C[C@@H]2C(=O)Nc2ccc(C#N)c(OCc3cn4cc(C5CC5)cc(N5CC(=O)N(C)C5=O)c4n3)c2)n1. The molecule has 0 radical (unpaired) electrons. The lowest BCUT2D eigenvalue weighted by atomic mass is 10.1. The second kappa shape index (κ2) is 10.2. The van der Waals surface area contributed by atoms with Gasteiger partial charge in [-0.25, -0.2) is 19.7 Å². The number of imidazole rings is 1. The van der Waals surface area contributed by atoms with E-state index in [-0.39, 0.29) is 42.8 Å². The maximum absolute atomic E-state index is 12.9. The predicted octanol–water partition coefficient (Wildman–Crippen LogP) is 3.90. The third-order valence-electron chi connectivity index (χ3n) is 8.15. The van der Waals surface area contributed by atoms with Crippen LogP contribution in [-0.4, -0.2) is 55.7 Å². The molecule has 216 valence electrons. The van der Waals surface area contributed by atoms with E-state index in [1.807, 2.05) is 35.9 Å². The van der Waals surface area contributed by atoms with Gasteiger partial charge in [-0.15, -0.1) is 0 Å². The Hall–Kier alpha value is -5.31. The fourth-order valence-corrected chi connectivity index (χ4v) is 5.46. The molecule has 2 atom stereocenters. The van der Waals surface area contributed by atoms with Crippen LogP contribution in [0.4, 0.5) is 16.2 Å². The summed E-state index contributed by atoms with van der Waals surface area (Å²) in [6, 6.07) is 10.4. The first-order chi connectivity index (χ1) is 20.8. The summed E-state index contributed by atoms with van der Waals surface area (Å²) < 4.78 is 7.91. The van der Waals surface area contributed by atoms with Gasteiger partial charge in [0, 0.05) is 54.9 Å². The third-order valence-corrected chi connectivity index (χ3v) is 8.15. The summed E-state index contributed by atoms with van der Waals surface area (Å²) in [6.45, 7) is 1.91. The molecule has 43 heavy (non-hydrogen) atoms. The van der Waals surface area contributed by atoms with Gasteiger partial charge in [0.15, 0.2) is 5.65 Å². The van der Waals surface area contributed by atoms with Crippen molar-refractivity contribution in [3.05, 3.63) is 77.3 Å². The number of hydrogen-bond acceptors (Lipinski definition) is 8. The average molecular weight is 577 g/mol. The molecule has 3 fully saturated rings. The van der Waals surface area contributed by atoms with Gasteiger partial charge in [0.2, 0.25) is 11.8 Å². The van der Waals surface area contributed by atoms with E-state index in [4.69, 9.17) is 9.72 Å². The van der Waals surface area contributed by atoms with Crippen molar-refractivity contribution in [1.82, 2.24) is 24.3 Å². The van der Waals surface area contributed by atoms with Crippen LogP contribution in [0.3, 0.4) is 0 Å². The lowest BCUT2D eigenvalue weighted by Gasteiger charge is -2.17. The van der Waals surface area contributed by atoms with Crippen LogP contribution >= 0.6 is 0 Å². The van der Waals surface area contributed by atoms with E-state index in [1.54, 1.807) is 24.4 Å². The smallest absolute Gasteiger partial charge is 0.331 e. The van der Waals surface area contributed by atoms with Gasteiger partial charge in [0.25, 0.3) is 0 Å². The quantitative estimate of drug-likeness (QED) is 0.311. The third kappa shape index (κ3) is 5.03. The molecule has 1 aliphatic heterocycles. The number of nitrogens with zero attached hydrogens (tertiary/aromatic N) is 7. The highest BCUT2D eigenvalue weighted by atomic mass is 16.5. The van der Waals surface area contributed by atoms with Crippen LogP contribution in [-0.2, 0) is 16.2 Å². The topological polar surface area (TPSA) is 146 Å². The van der Waals surface area contributed by atoms with E-state index in [2.05, 4.69) is 21.4 Å². The summed E-state index contributed by atoms with van der Waals surface area (Å²) in [4.78, 5) is 54.0. The van der Waals surface area contributed by atoms with E-state index in [0.29, 0.717) is 52.2 Å². The Balaban J connectivity index is 1.09. The highest BCUT2D eigenvalue weighted by Crippen LogP contribution is 2.46. The lowest BCUT2D eigenvalue weighted by Crippen LogP contribution is -2.30. The Morgan fingerprint density at radius 1 is 1.16 bits per heavy atom. The van der Waals surface area contributed by atoms with Crippen molar-refractivity contribution >= 4 is 34.9 Å². The van der Waals surface area contributed by atoms with Gasteiger partial charge >= 0.3 is 6.03 Å². The molecule has 0 bridgehead atoms. The van der Waals surface area contributed by atoms with E-state index in [9.17, 15) is 19.6 Å². The Labute approximate surface area is 246 Å². The molecule has 1 aromatic carbocycles. The van der Waals surface area contributed by atoms with Crippen molar-refractivity contribution in [2.75, 3.05) is 23.8 Å². The van der Waals surface area contributed by atoms with E-state index in [0.717, 1.165) is 29.0 Å². The maximum atomic E-state index is 12.9. The molecule has 3 aliphatic rings. The van der Waals surface area contributed by atoms with Gasteiger partial charge < -0.3 is 14.5 Å². The maximum Gasteiger partial charge on any atom is 0.331 e. The fourth-order valence-electron chi connectivity index (χ4n) is 5.46. The van der Waals surface area contributed by atoms with Crippen LogP contribution in [0, 0.1) is 24.2 Å². The number of likely N-dealkylation sites (N-methyl/N-ethyl adjacent to an activating group) is 1. The van der Waals surface area contributed by atoms with Crippen molar-refractivity contribution in [3.63, 3.8) is 0 Å². The zero-order valence-electron chi connectivity index (χ0n) is 23.6. The summed E-state index contributed by atoms with van der Waals surface area (Å²) >= 11 is 0. The zero-order chi connectivity index (χ0) is 29.8. The molecule has 2 saturated carbocycles. The molecule has 0 unspecified atom stereocenters. The van der Waals surface area contributed by atoms with Crippen LogP contribution in [0.25, 0.3) is 5.65 Å². The Morgan fingerprint density at radius 3 is 2.72 bits per heavy atom. The van der Waals surface area contributed by atoms with Gasteiger partial charge in [-0.2, -0.15) is 5.26 Å². The molecule has 2 aliphatic carbocycles. The van der Waals surface area contributed by atoms with Crippen molar-refractivity contribution in [1.29, 1.82) is 5.26 Å². The molecule has 0 spiro atoms. The molecular formula is C31H28N8O4. The first kappa shape index (κ1) is 26.6. The molecule has 1 saturated heterocycles. The van der Waals surface area contributed by atoms with Gasteiger partial charge in [-0.05, 0) is 61.9 Å². The molecular weight excluding hydrogens is 548 g/mol. The number of carbonyl (C=O) groups excluding carboxylic acids is 3. The van der Waals surface area contributed by atoms with Crippen molar-refractivity contribution in [3.8, 4) is 11.8 Å². The molecule has 4 heterocycles. The standard InChI is InChI=1S/C31H28N8O4/c1-17-7-8-33-28(34-17)23-11-24(23)30(41)36-21-6-5-19(12-32)26(10-21)43-16-22-14-38-13-20(18-3-4-18)9-25(29(38)35-22)39-15-27(40)37(2)31(39)42/h5-10,13-14,18,23-24H,3-4,11,15-16H2,1-2H3,(H,36,41)/t23-,24-/m0/s1. The van der Waals surface area contributed by atoms with Crippen LogP contribution in [0.1, 0.15) is 59.4 Å². The number of rotatable bonds is 8. The second-order valence-electron chi connectivity index (χ2n) is 11.3. The number of urea groups is 1. The van der Waals surface area contributed by atoms with Crippen molar-refractivity contribution in [2.24, 2.45) is 5.92 Å². The normalized spacial score (nSPS) is 19.6. The van der Waals surface area contributed by atoms with E-state index >= 15 is 0 Å². The highest BCUT2D eigenvalue weighted by Gasteiger charge is 2.46. The van der Waals surface area contributed by atoms with Gasteiger partial charge in [-0.1, -0.05) is 0 Å². The number of carbonyl (C=O) groups is 3. The van der Waals surface area contributed by atoms with Crippen LogP contribution in [0.15, 0.2) is 48.9 Å². The number of nitriles is 1. The number of amides is 4. The first-order valence-electron chi connectivity index (χ1n) is 14.2. The van der Waals surface area contributed by atoms with E-state index < -0.39 is 0 Å². The van der Waals surface area contributed by atoms with Crippen molar-refractivity contribution < 1.29 is 19.1 Å². The number of nitrogens with one attached hydrogen (secondary N) is 1. The summed E-state index contributed by atoms with van der Waals surface area (Å²) in [5.74, 6) is 0.778. The van der Waals surface area contributed by atoms with Crippen LogP contribution < -0.4 is 15.0 Å². The van der Waals surface area contributed by atoms with Crippen LogP contribution in [0.2, 0.25) is 0 Å². The van der Waals surface area contributed by atoms with Gasteiger partial charge in [0.1, 0.15) is 30.8 Å². The number of imide groups is 1. The summed E-state index contributed by atoms with van der Waals surface area (Å²) in [5.41, 5.74) is 4.49. The van der Waals surface area contributed by atoms with Crippen molar-refractivity contribution in [2.45, 2.75) is 44.6 Å². The molecule has 1 N–H and O–H groups in total. The number of anilines is 2. The minimum absolute atomic E-state index is 0.0104. The monoisotopic (exact) mass is 576 g/mol. The molecule has 12 nitrogen and oxygen atoms in total. The number of fused-ring (bicyclic) bond motifs is 1. The summed E-state index contributed by atoms with van der Waals surface area (Å²) in [7, 11) is 1.47. The molecule has 4 aromatic rings. The minimum Gasteiger partial charge on any atom is -0.486 e. The van der Waals surface area contributed by atoms with Gasteiger partial charge in [0.05, 0.1) is 16.9 Å². The second-order valence-corrected chi connectivity index (χ2v) is 11.3. The molecule has 12 heteroatoms. The average Bonchev–Trinajstić information content (AvgIpc) is 3.93.